The van der Waals surface area contributed by atoms with Gasteiger partial charge in [-0.3, -0.25) is 9.69 Å². The molecule has 0 saturated heterocycles. The van der Waals surface area contributed by atoms with Crippen molar-refractivity contribution in [1.82, 2.24) is 4.90 Å². The van der Waals surface area contributed by atoms with Crippen molar-refractivity contribution in [3.8, 4) is 0 Å². The molecule has 2 aromatic carbocycles. The van der Waals surface area contributed by atoms with Crippen molar-refractivity contribution < 1.29 is 9.53 Å². The van der Waals surface area contributed by atoms with E-state index in [9.17, 15) is 4.79 Å². The molecule has 1 unspecified atom stereocenters. The van der Waals surface area contributed by atoms with Crippen LogP contribution in [0, 0.1) is 0 Å². The molecular formula is C22H26ClNO2. The second-order valence-electron chi connectivity index (χ2n) is 6.29. The minimum absolute atomic E-state index is 0.213. The number of hydrogen-bond acceptors (Lipinski definition) is 3. The number of benzene rings is 2. The van der Waals surface area contributed by atoms with Crippen molar-refractivity contribution >= 4 is 17.6 Å². The summed E-state index contributed by atoms with van der Waals surface area (Å²) in [5, 5.41) is 0. The van der Waals surface area contributed by atoms with Crippen LogP contribution in [-0.4, -0.2) is 29.3 Å². The molecule has 0 N–H and O–H groups in total. The van der Waals surface area contributed by atoms with E-state index in [0.717, 1.165) is 16.7 Å². The zero-order chi connectivity index (χ0) is 18.8. The third kappa shape index (κ3) is 6.32. The molecule has 0 radical (unpaired) electrons. The molecule has 0 saturated carbocycles. The summed E-state index contributed by atoms with van der Waals surface area (Å²) in [6.45, 7) is 7.49. The van der Waals surface area contributed by atoms with E-state index in [2.05, 4.69) is 23.6 Å². The molecular weight excluding hydrogens is 346 g/mol. The van der Waals surface area contributed by atoms with Crippen LogP contribution < -0.4 is 0 Å². The van der Waals surface area contributed by atoms with Crippen molar-refractivity contribution in [1.29, 1.82) is 0 Å². The predicted molar refractivity (Wildman–Crippen MR) is 107 cm³/mol. The van der Waals surface area contributed by atoms with Crippen molar-refractivity contribution in [2.45, 2.75) is 32.5 Å². The minimum atomic E-state index is -0.334. The lowest BCUT2D eigenvalue weighted by Gasteiger charge is -2.30. The molecule has 2 rings (SSSR count). The highest BCUT2D eigenvalue weighted by molar-refractivity contribution is 6.19. The fourth-order valence-corrected chi connectivity index (χ4v) is 2.91. The molecule has 0 aliphatic rings. The van der Waals surface area contributed by atoms with E-state index >= 15 is 0 Å². The van der Waals surface area contributed by atoms with Gasteiger partial charge >= 0.3 is 5.97 Å². The van der Waals surface area contributed by atoms with Crippen LogP contribution in [0.2, 0.25) is 0 Å². The Balaban J connectivity index is 2.08. The van der Waals surface area contributed by atoms with Crippen LogP contribution in [0.25, 0.3) is 0 Å². The van der Waals surface area contributed by atoms with Crippen LogP contribution in [0.5, 0.6) is 0 Å². The summed E-state index contributed by atoms with van der Waals surface area (Å²) in [6, 6.07) is 19.5. The van der Waals surface area contributed by atoms with Gasteiger partial charge < -0.3 is 4.74 Å². The lowest BCUT2D eigenvalue weighted by atomic mass is 10.1. The van der Waals surface area contributed by atoms with E-state index in [1.807, 2.05) is 55.5 Å². The number of nitrogens with zero attached hydrogens (tertiary/aromatic N) is 1. The third-order valence-electron chi connectivity index (χ3n) is 4.17. The standard InChI is InChI=1S/C22H26ClNO2/c1-3-21(22(25)26-17-20-12-8-5-9-13-20)24(15-18(2)14-23)16-19-10-6-4-7-11-19/h4-13,21H,2-3,14-17H2,1H3. The first-order valence-corrected chi connectivity index (χ1v) is 9.38. The van der Waals surface area contributed by atoms with Crippen LogP contribution in [0.15, 0.2) is 72.8 Å². The molecule has 26 heavy (non-hydrogen) atoms. The van der Waals surface area contributed by atoms with Crippen LogP contribution in [0.1, 0.15) is 24.5 Å². The largest absolute Gasteiger partial charge is 0.460 e. The van der Waals surface area contributed by atoms with Crippen molar-refractivity contribution in [2.24, 2.45) is 0 Å². The summed E-state index contributed by atoms with van der Waals surface area (Å²) in [4.78, 5) is 14.8. The van der Waals surface area contributed by atoms with Gasteiger partial charge in [-0.2, -0.15) is 0 Å². The number of rotatable bonds is 10. The Hall–Kier alpha value is -2.10. The summed E-state index contributed by atoms with van der Waals surface area (Å²) in [5.74, 6) is 0.162. The second kappa shape index (κ2) is 10.8. The monoisotopic (exact) mass is 371 g/mol. The molecule has 0 spiro atoms. The van der Waals surface area contributed by atoms with E-state index in [1.54, 1.807) is 0 Å². The number of ether oxygens (including phenoxy) is 1. The van der Waals surface area contributed by atoms with Crippen molar-refractivity contribution in [3.63, 3.8) is 0 Å². The van der Waals surface area contributed by atoms with Gasteiger partial charge in [0.2, 0.25) is 0 Å². The first-order valence-electron chi connectivity index (χ1n) is 8.85. The fraction of sp³-hybridized carbons (Fsp3) is 0.318. The van der Waals surface area contributed by atoms with Gasteiger partial charge in [-0.15, -0.1) is 11.6 Å². The summed E-state index contributed by atoms with van der Waals surface area (Å²) in [7, 11) is 0. The Labute approximate surface area is 161 Å². The summed E-state index contributed by atoms with van der Waals surface area (Å²) >= 11 is 5.93. The van der Waals surface area contributed by atoms with Crippen molar-refractivity contribution in [2.75, 3.05) is 12.4 Å². The summed E-state index contributed by atoms with van der Waals surface area (Å²) < 4.78 is 5.57. The molecule has 4 heteroatoms. The van der Waals surface area contributed by atoms with Gasteiger partial charge in [0.1, 0.15) is 12.6 Å². The first kappa shape index (κ1) is 20.2. The van der Waals surface area contributed by atoms with Gasteiger partial charge in [0, 0.05) is 19.0 Å². The molecule has 3 nitrogen and oxygen atoms in total. The number of carbonyl (C=O) groups excluding carboxylic acids is 1. The van der Waals surface area contributed by atoms with E-state index < -0.39 is 0 Å². The average molecular weight is 372 g/mol. The highest BCUT2D eigenvalue weighted by Gasteiger charge is 2.26. The fourth-order valence-electron chi connectivity index (χ4n) is 2.82. The van der Waals surface area contributed by atoms with Crippen LogP contribution in [0.4, 0.5) is 0 Å². The molecule has 0 aromatic heterocycles. The topological polar surface area (TPSA) is 29.5 Å². The Kier molecular flexibility index (Phi) is 8.39. The smallest absolute Gasteiger partial charge is 0.323 e. The lowest BCUT2D eigenvalue weighted by molar-refractivity contribution is -0.151. The molecule has 0 amide bonds. The summed E-state index contributed by atoms with van der Waals surface area (Å²) in [6.07, 6.45) is 0.663. The van der Waals surface area contributed by atoms with E-state index in [-0.39, 0.29) is 18.6 Å². The molecule has 138 valence electrons. The number of halogens is 1. The first-order chi connectivity index (χ1) is 12.6. The third-order valence-corrected chi connectivity index (χ3v) is 4.55. The van der Waals surface area contributed by atoms with E-state index in [4.69, 9.17) is 16.3 Å². The molecule has 0 bridgehead atoms. The number of carbonyl (C=O) groups is 1. The minimum Gasteiger partial charge on any atom is -0.460 e. The van der Waals surface area contributed by atoms with E-state index in [1.165, 1.54) is 0 Å². The molecule has 0 aliphatic heterocycles. The summed E-state index contributed by atoms with van der Waals surface area (Å²) in [5.41, 5.74) is 3.01. The maximum Gasteiger partial charge on any atom is 0.323 e. The van der Waals surface area contributed by atoms with Gasteiger partial charge in [-0.25, -0.2) is 0 Å². The predicted octanol–water partition coefficient (Wildman–Crippen LogP) is 4.81. The molecule has 2 aromatic rings. The quantitative estimate of drug-likeness (QED) is 0.341. The number of alkyl halides is 1. The highest BCUT2D eigenvalue weighted by atomic mass is 35.5. The Morgan fingerprint density at radius 2 is 1.65 bits per heavy atom. The maximum atomic E-state index is 12.7. The number of hydrogen-bond donors (Lipinski definition) is 0. The number of esters is 1. The Bertz CT molecular complexity index is 688. The molecule has 0 heterocycles. The maximum absolute atomic E-state index is 12.7. The molecule has 0 fully saturated rings. The van der Waals surface area contributed by atoms with Crippen LogP contribution in [-0.2, 0) is 22.7 Å². The van der Waals surface area contributed by atoms with Gasteiger partial charge in [0.15, 0.2) is 0 Å². The van der Waals surface area contributed by atoms with Crippen LogP contribution >= 0.6 is 11.6 Å². The zero-order valence-corrected chi connectivity index (χ0v) is 16.0. The van der Waals surface area contributed by atoms with Crippen molar-refractivity contribution in [3.05, 3.63) is 83.9 Å². The van der Waals surface area contributed by atoms with Gasteiger partial charge in [-0.05, 0) is 23.1 Å². The Morgan fingerprint density at radius 3 is 2.19 bits per heavy atom. The lowest BCUT2D eigenvalue weighted by Crippen LogP contribution is -2.42. The Morgan fingerprint density at radius 1 is 1.08 bits per heavy atom. The second-order valence-corrected chi connectivity index (χ2v) is 6.56. The van der Waals surface area contributed by atoms with Gasteiger partial charge in [-0.1, -0.05) is 74.2 Å². The molecule has 0 aliphatic carbocycles. The van der Waals surface area contributed by atoms with E-state index in [0.29, 0.717) is 25.4 Å². The van der Waals surface area contributed by atoms with Gasteiger partial charge in [0.05, 0.1) is 0 Å². The normalized spacial score (nSPS) is 12.0. The zero-order valence-electron chi connectivity index (χ0n) is 15.2. The molecule has 1 atom stereocenters. The SMILES string of the molecule is C=C(CCl)CN(Cc1ccccc1)C(CC)C(=O)OCc1ccccc1. The van der Waals surface area contributed by atoms with Crippen LogP contribution in [0.3, 0.4) is 0 Å². The highest BCUT2D eigenvalue weighted by Crippen LogP contribution is 2.16. The average Bonchev–Trinajstić information content (AvgIpc) is 2.68. The van der Waals surface area contributed by atoms with Gasteiger partial charge in [0.25, 0.3) is 0 Å².